The molecule has 0 bridgehead atoms. The van der Waals surface area contributed by atoms with Crippen LogP contribution in [0.4, 0.5) is 11.4 Å². The number of ether oxygens (including phenoxy) is 1. The molecule has 7 nitrogen and oxygen atoms in total. The molecule has 0 N–H and O–H groups in total. The maximum atomic E-state index is 13.3. The molecular weight excluding hydrogens is 382 g/mol. The molecule has 0 aliphatic carbocycles. The Kier molecular flexibility index (Phi) is 4.39. The Morgan fingerprint density at radius 1 is 1.07 bits per heavy atom. The van der Waals surface area contributed by atoms with Crippen LogP contribution in [-0.2, 0) is 14.4 Å². The average Bonchev–Trinajstić information content (AvgIpc) is 3.20. The van der Waals surface area contributed by atoms with Crippen LogP contribution in [0.2, 0.25) is 5.02 Å². The van der Waals surface area contributed by atoms with Gasteiger partial charge in [0, 0.05) is 11.9 Å². The van der Waals surface area contributed by atoms with Crippen LogP contribution in [0.5, 0.6) is 5.75 Å². The van der Waals surface area contributed by atoms with E-state index in [1.54, 1.807) is 48.5 Å². The van der Waals surface area contributed by atoms with Crippen LogP contribution in [0, 0.1) is 5.92 Å². The first kappa shape index (κ1) is 18.2. The molecule has 1 saturated heterocycles. The van der Waals surface area contributed by atoms with Gasteiger partial charge in [0.1, 0.15) is 23.4 Å². The summed E-state index contributed by atoms with van der Waals surface area (Å²) in [5.74, 6) is -1.89. The lowest BCUT2D eigenvalue weighted by molar-refractivity contribution is -0.122. The van der Waals surface area contributed by atoms with Crippen molar-refractivity contribution in [2.45, 2.75) is 13.0 Å². The van der Waals surface area contributed by atoms with Gasteiger partial charge in [0.25, 0.3) is 5.91 Å². The molecule has 2 amide bonds. The van der Waals surface area contributed by atoms with E-state index in [1.807, 2.05) is 0 Å². The minimum atomic E-state index is -0.967. The van der Waals surface area contributed by atoms with E-state index < -0.39 is 23.8 Å². The molecule has 1 fully saturated rings. The maximum Gasteiger partial charge on any atom is 0.260 e. The number of benzene rings is 2. The summed E-state index contributed by atoms with van der Waals surface area (Å²) in [6.07, 6.45) is 0. The van der Waals surface area contributed by atoms with Crippen LogP contribution in [0.15, 0.2) is 53.6 Å². The Labute approximate surface area is 166 Å². The summed E-state index contributed by atoms with van der Waals surface area (Å²) >= 11 is 5.95. The standard InChI is InChI=1S/C20H16ClN3O4/c1-11(25)17-16-18(24(22-17)13-9-7-12(21)8-10-13)20(27)23(19(16)26)14-5-3-4-6-15(14)28-2/h3-10,16,18H,1-2H3/t16-,18+/m0/s1. The third kappa shape index (κ3) is 2.66. The zero-order valence-electron chi connectivity index (χ0n) is 15.1. The van der Waals surface area contributed by atoms with E-state index in [1.165, 1.54) is 19.0 Å². The van der Waals surface area contributed by atoms with Crippen molar-refractivity contribution in [1.29, 1.82) is 0 Å². The van der Waals surface area contributed by atoms with Crippen molar-refractivity contribution in [3.8, 4) is 5.75 Å². The van der Waals surface area contributed by atoms with E-state index in [0.29, 0.717) is 22.1 Å². The van der Waals surface area contributed by atoms with Crippen LogP contribution >= 0.6 is 11.6 Å². The number of rotatable bonds is 4. The Hall–Kier alpha value is -3.19. The number of hydrazone groups is 1. The third-order valence-electron chi connectivity index (χ3n) is 4.83. The number of ketones is 1. The van der Waals surface area contributed by atoms with Crippen LogP contribution in [0.1, 0.15) is 6.92 Å². The van der Waals surface area contributed by atoms with Crippen molar-refractivity contribution in [2.24, 2.45) is 11.0 Å². The topological polar surface area (TPSA) is 79.3 Å². The molecule has 28 heavy (non-hydrogen) atoms. The molecule has 2 aromatic rings. The van der Waals surface area contributed by atoms with Crippen molar-refractivity contribution in [1.82, 2.24) is 0 Å². The normalized spacial score (nSPS) is 21.0. The number of hydrogen-bond acceptors (Lipinski definition) is 6. The highest BCUT2D eigenvalue weighted by Crippen LogP contribution is 2.40. The van der Waals surface area contributed by atoms with E-state index in [9.17, 15) is 14.4 Å². The van der Waals surface area contributed by atoms with Gasteiger partial charge in [-0.1, -0.05) is 23.7 Å². The monoisotopic (exact) mass is 397 g/mol. The molecule has 142 valence electrons. The molecule has 0 radical (unpaired) electrons. The summed E-state index contributed by atoms with van der Waals surface area (Å²) in [4.78, 5) is 39.7. The number of para-hydroxylation sites is 2. The molecular formula is C20H16ClN3O4. The second-order valence-corrected chi connectivity index (χ2v) is 6.91. The fourth-order valence-corrected chi connectivity index (χ4v) is 3.69. The number of hydrogen-bond donors (Lipinski definition) is 0. The Balaban J connectivity index is 1.82. The summed E-state index contributed by atoms with van der Waals surface area (Å²) in [7, 11) is 1.47. The van der Waals surface area contributed by atoms with Gasteiger partial charge in [-0.3, -0.25) is 19.4 Å². The number of carbonyl (C=O) groups excluding carboxylic acids is 3. The minimum Gasteiger partial charge on any atom is -0.495 e. The van der Waals surface area contributed by atoms with Crippen molar-refractivity contribution < 1.29 is 19.1 Å². The van der Waals surface area contributed by atoms with Crippen molar-refractivity contribution >= 4 is 46.3 Å². The first-order valence-corrected chi connectivity index (χ1v) is 8.97. The maximum absolute atomic E-state index is 13.3. The lowest BCUT2D eigenvalue weighted by Gasteiger charge is -2.22. The average molecular weight is 398 g/mol. The summed E-state index contributed by atoms with van der Waals surface area (Å²) in [6, 6.07) is 12.5. The summed E-state index contributed by atoms with van der Waals surface area (Å²) in [5, 5.41) is 6.25. The fraction of sp³-hybridized carbons (Fsp3) is 0.200. The highest BCUT2D eigenvalue weighted by Gasteiger charge is 2.58. The number of amides is 2. The predicted molar refractivity (Wildman–Crippen MR) is 105 cm³/mol. The molecule has 2 atom stereocenters. The van der Waals surface area contributed by atoms with Crippen molar-refractivity contribution in [3.05, 3.63) is 53.6 Å². The molecule has 2 heterocycles. The molecule has 0 saturated carbocycles. The first-order chi connectivity index (χ1) is 13.4. The van der Waals surface area contributed by atoms with E-state index >= 15 is 0 Å². The van der Waals surface area contributed by atoms with Gasteiger partial charge in [-0.15, -0.1) is 0 Å². The second-order valence-electron chi connectivity index (χ2n) is 6.47. The molecule has 2 aromatic carbocycles. The SMILES string of the molecule is COc1ccccc1N1C(=O)[C@H]2C(C(C)=O)=NN(c3ccc(Cl)cc3)[C@H]2C1=O. The molecule has 2 aliphatic heterocycles. The second kappa shape index (κ2) is 6.76. The van der Waals surface area contributed by atoms with Crippen LogP contribution < -0.4 is 14.6 Å². The third-order valence-corrected chi connectivity index (χ3v) is 5.08. The number of halogens is 1. The summed E-state index contributed by atoms with van der Waals surface area (Å²) in [6.45, 7) is 1.34. The largest absolute Gasteiger partial charge is 0.495 e. The Bertz CT molecular complexity index is 1020. The molecule has 8 heteroatoms. The van der Waals surface area contributed by atoms with Crippen LogP contribution in [-0.4, -0.2) is 36.5 Å². The van der Waals surface area contributed by atoms with Gasteiger partial charge in [-0.25, -0.2) is 4.90 Å². The zero-order valence-corrected chi connectivity index (χ0v) is 15.9. The van der Waals surface area contributed by atoms with Gasteiger partial charge in [0.05, 0.1) is 18.5 Å². The Morgan fingerprint density at radius 3 is 2.39 bits per heavy atom. The van der Waals surface area contributed by atoms with Crippen molar-refractivity contribution in [2.75, 3.05) is 17.0 Å². The lowest BCUT2D eigenvalue weighted by atomic mass is 9.95. The fourth-order valence-electron chi connectivity index (χ4n) is 3.56. The quantitative estimate of drug-likeness (QED) is 0.741. The lowest BCUT2D eigenvalue weighted by Crippen LogP contribution is -2.39. The van der Waals surface area contributed by atoms with Crippen LogP contribution in [0.3, 0.4) is 0 Å². The van der Waals surface area contributed by atoms with E-state index in [0.717, 1.165) is 4.90 Å². The van der Waals surface area contributed by atoms with Gasteiger partial charge in [-0.2, -0.15) is 5.10 Å². The highest BCUT2D eigenvalue weighted by molar-refractivity contribution is 6.49. The summed E-state index contributed by atoms with van der Waals surface area (Å²) < 4.78 is 5.30. The first-order valence-electron chi connectivity index (χ1n) is 8.59. The van der Waals surface area contributed by atoms with Gasteiger partial charge >= 0.3 is 0 Å². The molecule has 0 spiro atoms. The van der Waals surface area contributed by atoms with Gasteiger partial charge in [0.15, 0.2) is 5.78 Å². The van der Waals surface area contributed by atoms with E-state index in [2.05, 4.69) is 5.10 Å². The number of Topliss-reactive ketones (excluding diaryl/α,β-unsaturated/α-hetero) is 1. The minimum absolute atomic E-state index is 0.0655. The number of methoxy groups -OCH3 is 1. The number of nitrogens with zero attached hydrogens (tertiary/aromatic N) is 3. The van der Waals surface area contributed by atoms with Gasteiger partial charge in [-0.05, 0) is 36.4 Å². The molecule has 2 aliphatic rings. The van der Waals surface area contributed by atoms with E-state index in [-0.39, 0.29) is 11.5 Å². The number of fused-ring (bicyclic) bond motifs is 1. The predicted octanol–water partition coefficient (Wildman–Crippen LogP) is 2.67. The summed E-state index contributed by atoms with van der Waals surface area (Å²) in [5.41, 5.74) is 0.975. The van der Waals surface area contributed by atoms with Gasteiger partial charge < -0.3 is 4.74 Å². The van der Waals surface area contributed by atoms with E-state index in [4.69, 9.17) is 16.3 Å². The van der Waals surface area contributed by atoms with Gasteiger partial charge in [0.2, 0.25) is 5.91 Å². The van der Waals surface area contributed by atoms with Crippen LogP contribution in [0.25, 0.3) is 0 Å². The molecule has 0 aromatic heterocycles. The van der Waals surface area contributed by atoms with Crippen molar-refractivity contribution in [3.63, 3.8) is 0 Å². The molecule has 0 unspecified atom stereocenters. The number of anilines is 2. The number of carbonyl (C=O) groups is 3. The zero-order chi connectivity index (χ0) is 20.0. The number of imide groups is 1. The highest BCUT2D eigenvalue weighted by atomic mass is 35.5. The molecule has 4 rings (SSSR count). The smallest absolute Gasteiger partial charge is 0.260 e. The Morgan fingerprint density at radius 2 is 1.75 bits per heavy atom.